The Balaban J connectivity index is 1.70. The van der Waals surface area contributed by atoms with Gasteiger partial charge >= 0.3 is 5.91 Å². The molecular formula is C24H21ClN3O2+. The van der Waals surface area contributed by atoms with Gasteiger partial charge in [0, 0.05) is 11.1 Å². The van der Waals surface area contributed by atoms with Crippen molar-refractivity contribution >= 4 is 29.6 Å². The van der Waals surface area contributed by atoms with Crippen LogP contribution in [0, 0.1) is 6.92 Å². The van der Waals surface area contributed by atoms with Crippen LogP contribution in [0.4, 0.5) is 0 Å². The number of hydrogen-bond donors (Lipinski definition) is 2. The predicted molar refractivity (Wildman–Crippen MR) is 117 cm³/mol. The van der Waals surface area contributed by atoms with E-state index < -0.39 is 12.1 Å². The van der Waals surface area contributed by atoms with E-state index in [0.29, 0.717) is 10.6 Å². The molecule has 3 aromatic carbocycles. The summed E-state index contributed by atoms with van der Waals surface area (Å²) in [6.07, 6.45) is 1.79. The molecule has 30 heavy (non-hydrogen) atoms. The standard InChI is InChI=1S/C24H20ClN3O2/c1-16-11-13-18(14-12-16)23(29)26-21-22(17-7-3-2-4-8-17)28(27-24(21)30)15-19-9-5-6-10-20(19)25/h2-15,21-22H,1H3,(H-,26,27,29,30)/p+1/b28-15-/t21-,22-/m1/s1. The number of nitrogens with one attached hydrogen (secondary N) is 2. The Kier molecular flexibility index (Phi) is 5.63. The van der Waals surface area contributed by atoms with Gasteiger partial charge in [-0.2, -0.15) is 0 Å². The summed E-state index contributed by atoms with van der Waals surface area (Å²) in [6.45, 7) is 1.96. The van der Waals surface area contributed by atoms with Gasteiger partial charge in [-0.3, -0.25) is 9.59 Å². The van der Waals surface area contributed by atoms with Gasteiger partial charge in [0.15, 0.2) is 6.04 Å². The fourth-order valence-electron chi connectivity index (χ4n) is 3.49. The van der Waals surface area contributed by atoms with Crippen molar-refractivity contribution in [3.8, 4) is 0 Å². The second kappa shape index (κ2) is 8.51. The average Bonchev–Trinajstić information content (AvgIpc) is 3.05. The summed E-state index contributed by atoms with van der Waals surface area (Å²) < 4.78 is 1.71. The lowest BCUT2D eigenvalue weighted by molar-refractivity contribution is -0.596. The monoisotopic (exact) mass is 418 g/mol. The minimum absolute atomic E-state index is 0.285. The van der Waals surface area contributed by atoms with Crippen LogP contribution in [0.1, 0.15) is 33.1 Å². The normalized spacial score (nSPS) is 19.5. The van der Waals surface area contributed by atoms with E-state index in [4.69, 9.17) is 11.6 Å². The first-order valence-corrected chi connectivity index (χ1v) is 10.0. The van der Waals surface area contributed by atoms with E-state index in [2.05, 4.69) is 10.7 Å². The third-order valence-corrected chi connectivity index (χ3v) is 5.41. The van der Waals surface area contributed by atoms with Crippen molar-refractivity contribution < 1.29 is 14.3 Å². The zero-order chi connectivity index (χ0) is 21.1. The third kappa shape index (κ3) is 4.11. The lowest BCUT2D eigenvalue weighted by Gasteiger charge is -2.14. The molecule has 3 aromatic rings. The van der Waals surface area contributed by atoms with Gasteiger partial charge in [-0.25, -0.2) is 0 Å². The molecule has 2 atom stereocenters. The number of benzene rings is 3. The maximum atomic E-state index is 12.8. The van der Waals surface area contributed by atoms with Crippen LogP contribution in [-0.2, 0) is 4.79 Å². The van der Waals surface area contributed by atoms with Crippen molar-refractivity contribution in [1.82, 2.24) is 10.7 Å². The first kappa shape index (κ1) is 19.9. The van der Waals surface area contributed by atoms with E-state index in [9.17, 15) is 9.59 Å². The Labute approximate surface area is 180 Å². The predicted octanol–water partition coefficient (Wildman–Crippen LogP) is 3.66. The highest BCUT2D eigenvalue weighted by Gasteiger charge is 2.47. The van der Waals surface area contributed by atoms with Crippen molar-refractivity contribution in [2.75, 3.05) is 0 Å². The lowest BCUT2D eigenvalue weighted by Crippen LogP contribution is -2.42. The second-order valence-corrected chi connectivity index (χ2v) is 7.61. The summed E-state index contributed by atoms with van der Waals surface area (Å²) in [4.78, 5) is 25.7. The Hall–Kier alpha value is -3.44. The summed E-state index contributed by atoms with van der Waals surface area (Å²) in [5.74, 6) is -0.580. The van der Waals surface area contributed by atoms with Crippen LogP contribution in [0.5, 0.6) is 0 Å². The molecule has 1 aliphatic rings. The Bertz CT molecular complexity index is 1110. The third-order valence-electron chi connectivity index (χ3n) is 5.06. The van der Waals surface area contributed by atoms with Crippen molar-refractivity contribution in [2.45, 2.75) is 19.0 Å². The number of halogens is 1. The molecule has 0 aromatic heterocycles. The number of carbonyl (C=O) groups is 2. The summed E-state index contributed by atoms with van der Waals surface area (Å²) in [5.41, 5.74) is 6.10. The minimum atomic E-state index is -0.764. The number of hydrazine groups is 1. The molecule has 150 valence electrons. The number of rotatable bonds is 4. The molecule has 0 aliphatic carbocycles. The van der Waals surface area contributed by atoms with Gasteiger partial charge in [0.2, 0.25) is 12.3 Å². The largest absolute Gasteiger partial charge is 0.334 e. The number of aryl methyl sites for hydroxylation is 1. The van der Waals surface area contributed by atoms with Gasteiger partial charge in [0.1, 0.15) is 0 Å². The summed E-state index contributed by atoms with van der Waals surface area (Å²) in [6, 6.07) is 23.0. The van der Waals surface area contributed by atoms with E-state index in [-0.39, 0.29) is 11.8 Å². The molecule has 2 N–H and O–H groups in total. The molecule has 1 heterocycles. The number of amides is 2. The molecule has 0 unspecified atom stereocenters. The molecule has 1 aliphatic heterocycles. The molecule has 1 saturated heterocycles. The van der Waals surface area contributed by atoms with Crippen LogP contribution in [-0.4, -0.2) is 28.8 Å². The van der Waals surface area contributed by atoms with E-state index in [1.54, 1.807) is 29.1 Å². The fraction of sp³-hybridized carbons (Fsp3) is 0.125. The molecule has 2 amide bonds. The molecule has 1 fully saturated rings. The molecule has 6 heteroatoms. The minimum Gasteiger partial charge on any atom is -0.334 e. The van der Waals surface area contributed by atoms with Gasteiger partial charge < -0.3 is 5.32 Å². The van der Waals surface area contributed by atoms with Crippen LogP contribution >= 0.6 is 11.6 Å². The van der Waals surface area contributed by atoms with Crippen molar-refractivity contribution in [3.05, 3.63) is 106 Å². The van der Waals surface area contributed by atoms with Crippen LogP contribution in [0.3, 0.4) is 0 Å². The van der Waals surface area contributed by atoms with Gasteiger partial charge in [0.25, 0.3) is 5.91 Å². The molecule has 4 rings (SSSR count). The SMILES string of the molecule is Cc1ccc(C(=O)N[C@H]2C(=O)N/[N+](=C\c3ccccc3Cl)[C@@H]2c2ccccc2)cc1. The highest BCUT2D eigenvalue weighted by atomic mass is 35.5. The maximum absolute atomic E-state index is 12.8. The highest BCUT2D eigenvalue weighted by Crippen LogP contribution is 2.26. The fourth-order valence-corrected chi connectivity index (χ4v) is 3.67. The Morgan fingerprint density at radius 1 is 1.00 bits per heavy atom. The average molecular weight is 419 g/mol. The molecular weight excluding hydrogens is 398 g/mol. The van der Waals surface area contributed by atoms with Gasteiger partial charge in [-0.1, -0.05) is 71.8 Å². The summed E-state index contributed by atoms with van der Waals surface area (Å²) >= 11 is 6.31. The molecule has 0 bridgehead atoms. The Morgan fingerprint density at radius 2 is 1.67 bits per heavy atom. The molecule has 0 radical (unpaired) electrons. The van der Waals surface area contributed by atoms with Crippen LogP contribution in [0.2, 0.25) is 5.02 Å². The van der Waals surface area contributed by atoms with Gasteiger partial charge in [0.05, 0.1) is 10.6 Å². The zero-order valence-electron chi connectivity index (χ0n) is 16.4. The Morgan fingerprint density at radius 3 is 2.37 bits per heavy atom. The lowest BCUT2D eigenvalue weighted by atomic mass is 9.99. The van der Waals surface area contributed by atoms with Crippen LogP contribution in [0.25, 0.3) is 0 Å². The van der Waals surface area contributed by atoms with Crippen LogP contribution in [0.15, 0.2) is 78.9 Å². The highest BCUT2D eigenvalue weighted by molar-refractivity contribution is 6.32. The van der Waals surface area contributed by atoms with E-state index >= 15 is 0 Å². The number of hydrogen-bond acceptors (Lipinski definition) is 2. The molecule has 5 nitrogen and oxygen atoms in total. The smallest absolute Gasteiger partial charge is 0.304 e. The number of carbonyl (C=O) groups excluding carboxylic acids is 2. The number of nitrogens with zero attached hydrogens (tertiary/aromatic N) is 1. The van der Waals surface area contributed by atoms with E-state index in [1.165, 1.54) is 0 Å². The molecule has 0 saturated carbocycles. The topological polar surface area (TPSA) is 61.2 Å². The van der Waals surface area contributed by atoms with Gasteiger partial charge in [-0.05, 0) is 31.2 Å². The molecule has 0 spiro atoms. The summed E-state index contributed by atoms with van der Waals surface area (Å²) in [7, 11) is 0. The zero-order valence-corrected chi connectivity index (χ0v) is 17.1. The van der Waals surface area contributed by atoms with Crippen molar-refractivity contribution in [3.63, 3.8) is 0 Å². The first-order valence-electron chi connectivity index (χ1n) is 9.63. The van der Waals surface area contributed by atoms with E-state index in [1.807, 2.05) is 67.6 Å². The second-order valence-electron chi connectivity index (χ2n) is 7.21. The quantitative estimate of drug-likeness (QED) is 0.635. The van der Waals surface area contributed by atoms with E-state index in [0.717, 1.165) is 16.7 Å². The van der Waals surface area contributed by atoms with Crippen LogP contribution < -0.4 is 10.7 Å². The first-order chi connectivity index (χ1) is 14.5. The van der Waals surface area contributed by atoms with Gasteiger partial charge in [-0.15, -0.1) is 10.1 Å². The maximum Gasteiger partial charge on any atom is 0.304 e. The van der Waals surface area contributed by atoms with Crippen molar-refractivity contribution in [2.24, 2.45) is 0 Å². The van der Waals surface area contributed by atoms with Crippen molar-refractivity contribution in [1.29, 1.82) is 0 Å². The summed E-state index contributed by atoms with van der Waals surface area (Å²) in [5, 5.41) is 3.47. The number of hydrazone groups is 1.